The molecule has 0 saturated heterocycles. The van der Waals surface area contributed by atoms with E-state index in [1.807, 2.05) is 18.2 Å². The summed E-state index contributed by atoms with van der Waals surface area (Å²) < 4.78 is 0. The fourth-order valence-corrected chi connectivity index (χ4v) is 2.04. The molecule has 0 fully saturated rings. The van der Waals surface area contributed by atoms with Crippen LogP contribution >= 0.6 is 0 Å². The third-order valence-corrected chi connectivity index (χ3v) is 3.28. The summed E-state index contributed by atoms with van der Waals surface area (Å²) in [5.74, 6) is -0.843. The Bertz CT molecular complexity index is 595. The minimum absolute atomic E-state index is 0.408. The molecule has 2 rings (SSSR count). The van der Waals surface area contributed by atoms with Gasteiger partial charge in [-0.25, -0.2) is 4.79 Å². The van der Waals surface area contributed by atoms with Gasteiger partial charge in [0, 0.05) is 5.57 Å². The fraction of sp³-hybridized carbons (Fsp3) is 0.167. The molecule has 0 aliphatic rings. The van der Waals surface area contributed by atoms with Gasteiger partial charge in [-0.3, -0.25) is 0 Å². The SMILES string of the molecule is CC(=CCCc1ccc(-c2ccccc2)cc1)C(=O)O. The van der Waals surface area contributed by atoms with Crippen molar-refractivity contribution in [2.24, 2.45) is 0 Å². The van der Waals surface area contributed by atoms with Gasteiger partial charge in [0.1, 0.15) is 0 Å². The van der Waals surface area contributed by atoms with Crippen molar-refractivity contribution in [2.75, 3.05) is 0 Å². The van der Waals surface area contributed by atoms with Crippen LogP contribution in [-0.4, -0.2) is 11.1 Å². The fourth-order valence-electron chi connectivity index (χ4n) is 2.04. The first-order chi connectivity index (χ1) is 9.66. The van der Waals surface area contributed by atoms with Gasteiger partial charge in [0.05, 0.1) is 0 Å². The lowest BCUT2D eigenvalue weighted by Crippen LogP contribution is -1.96. The Morgan fingerprint density at radius 1 is 1.00 bits per heavy atom. The van der Waals surface area contributed by atoms with Crippen molar-refractivity contribution < 1.29 is 9.90 Å². The maximum Gasteiger partial charge on any atom is 0.330 e. The molecule has 2 heteroatoms. The second-order valence-electron chi connectivity index (χ2n) is 4.79. The molecule has 2 aromatic rings. The first kappa shape index (κ1) is 14.1. The van der Waals surface area contributed by atoms with E-state index in [9.17, 15) is 4.79 Å². The zero-order chi connectivity index (χ0) is 14.4. The number of allylic oxidation sites excluding steroid dienone is 1. The van der Waals surface area contributed by atoms with Gasteiger partial charge in [-0.1, -0.05) is 60.7 Å². The maximum atomic E-state index is 10.7. The lowest BCUT2D eigenvalue weighted by molar-refractivity contribution is -0.132. The first-order valence-electron chi connectivity index (χ1n) is 6.71. The minimum atomic E-state index is -0.843. The predicted molar refractivity (Wildman–Crippen MR) is 81.6 cm³/mol. The number of carbonyl (C=O) groups is 1. The van der Waals surface area contributed by atoms with Crippen LogP contribution in [0.15, 0.2) is 66.2 Å². The Labute approximate surface area is 119 Å². The number of aliphatic carboxylic acids is 1. The van der Waals surface area contributed by atoms with E-state index in [2.05, 4.69) is 36.4 Å². The van der Waals surface area contributed by atoms with Gasteiger partial charge in [0.2, 0.25) is 0 Å². The quantitative estimate of drug-likeness (QED) is 0.818. The molecule has 0 amide bonds. The van der Waals surface area contributed by atoms with Gasteiger partial charge in [-0.05, 0) is 36.5 Å². The predicted octanol–water partition coefficient (Wildman–Crippen LogP) is 4.32. The lowest BCUT2D eigenvalue weighted by atomic mass is 10.0. The highest BCUT2D eigenvalue weighted by Crippen LogP contribution is 2.19. The van der Waals surface area contributed by atoms with Crippen LogP contribution in [-0.2, 0) is 11.2 Å². The number of carboxylic acids is 1. The summed E-state index contributed by atoms with van der Waals surface area (Å²) >= 11 is 0. The molecule has 20 heavy (non-hydrogen) atoms. The number of carboxylic acid groups (broad SMARTS) is 1. The lowest BCUT2D eigenvalue weighted by Gasteiger charge is -2.03. The number of hydrogen-bond acceptors (Lipinski definition) is 1. The van der Waals surface area contributed by atoms with Crippen LogP contribution in [0, 0.1) is 0 Å². The molecule has 0 aromatic heterocycles. The summed E-state index contributed by atoms with van der Waals surface area (Å²) in [6.45, 7) is 1.63. The summed E-state index contributed by atoms with van der Waals surface area (Å²) in [4.78, 5) is 10.7. The number of aryl methyl sites for hydroxylation is 1. The van der Waals surface area contributed by atoms with Gasteiger partial charge in [-0.15, -0.1) is 0 Å². The molecule has 0 aliphatic carbocycles. The Balaban J connectivity index is 1.99. The van der Waals surface area contributed by atoms with E-state index in [1.165, 1.54) is 16.7 Å². The van der Waals surface area contributed by atoms with Crippen LogP contribution in [0.3, 0.4) is 0 Å². The van der Waals surface area contributed by atoms with Gasteiger partial charge < -0.3 is 5.11 Å². The van der Waals surface area contributed by atoms with Crippen molar-refractivity contribution in [2.45, 2.75) is 19.8 Å². The molecule has 1 N–H and O–H groups in total. The summed E-state index contributed by atoms with van der Waals surface area (Å²) in [5.41, 5.74) is 4.04. The third-order valence-electron chi connectivity index (χ3n) is 3.28. The molecule has 2 nitrogen and oxygen atoms in total. The molecule has 0 saturated carbocycles. The summed E-state index contributed by atoms with van der Waals surface area (Å²) in [7, 11) is 0. The largest absolute Gasteiger partial charge is 0.478 e. The second-order valence-corrected chi connectivity index (χ2v) is 4.79. The van der Waals surface area contributed by atoms with E-state index in [0.29, 0.717) is 5.57 Å². The number of rotatable bonds is 5. The van der Waals surface area contributed by atoms with Gasteiger partial charge in [0.15, 0.2) is 0 Å². The van der Waals surface area contributed by atoms with E-state index in [4.69, 9.17) is 5.11 Å². The van der Waals surface area contributed by atoms with Crippen molar-refractivity contribution in [3.05, 3.63) is 71.8 Å². The maximum absolute atomic E-state index is 10.7. The average Bonchev–Trinajstić information content (AvgIpc) is 2.48. The van der Waals surface area contributed by atoms with Crippen molar-refractivity contribution in [3.63, 3.8) is 0 Å². The zero-order valence-corrected chi connectivity index (χ0v) is 11.5. The molecular formula is C18H18O2. The Morgan fingerprint density at radius 2 is 1.60 bits per heavy atom. The minimum Gasteiger partial charge on any atom is -0.478 e. The highest BCUT2D eigenvalue weighted by atomic mass is 16.4. The Morgan fingerprint density at radius 3 is 2.20 bits per heavy atom. The molecule has 0 spiro atoms. The van der Waals surface area contributed by atoms with Crippen LogP contribution in [0.2, 0.25) is 0 Å². The van der Waals surface area contributed by atoms with Crippen LogP contribution < -0.4 is 0 Å². The van der Waals surface area contributed by atoms with Crippen LogP contribution in [0.4, 0.5) is 0 Å². The van der Waals surface area contributed by atoms with E-state index in [1.54, 1.807) is 13.0 Å². The smallest absolute Gasteiger partial charge is 0.330 e. The topological polar surface area (TPSA) is 37.3 Å². The van der Waals surface area contributed by atoms with Gasteiger partial charge in [-0.2, -0.15) is 0 Å². The molecule has 0 atom stereocenters. The Kier molecular flexibility index (Phi) is 4.72. The highest BCUT2D eigenvalue weighted by molar-refractivity contribution is 5.85. The summed E-state index contributed by atoms with van der Waals surface area (Å²) in [5, 5.41) is 8.77. The van der Waals surface area contributed by atoms with Gasteiger partial charge in [0.25, 0.3) is 0 Å². The Hall–Kier alpha value is -2.35. The van der Waals surface area contributed by atoms with Crippen LogP contribution in [0.5, 0.6) is 0 Å². The zero-order valence-electron chi connectivity index (χ0n) is 11.5. The molecule has 0 aliphatic heterocycles. The summed E-state index contributed by atoms with van der Waals surface area (Å²) in [6.07, 6.45) is 3.38. The van der Waals surface area contributed by atoms with Gasteiger partial charge >= 0.3 is 5.97 Å². The average molecular weight is 266 g/mol. The number of benzene rings is 2. The molecule has 0 radical (unpaired) electrons. The molecule has 0 heterocycles. The molecule has 102 valence electrons. The summed E-state index contributed by atoms with van der Waals surface area (Å²) in [6, 6.07) is 18.7. The van der Waals surface area contributed by atoms with Crippen molar-refractivity contribution in [1.29, 1.82) is 0 Å². The third kappa shape index (κ3) is 3.82. The van der Waals surface area contributed by atoms with E-state index in [-0.39, 0.29) is 0 Å². The molecule has 0 bridgehead atoms. The second kappa shape index (κ2) is 6.71. The molecular weight excluding hydrogens is 248 g/mol. The number of hydrogen-bond donors (Lipinski definition) is 1. The van der Waals surface area contributed by atoms with Crippen molar-refractivity contribution in [3.8, 4) is 11.1 Å². The van der Waals surface area contributed by atoms with Crippen LogP contribution in [0.25, 0.3) is 11.1 Å². The van der Waals surface area contributed by atoms with Crippen LogP contribution in [0.1, 0.15) is 18.9 Å². The monoisotopic (exact) mass is 266 g/mol. The normalized spacial score (nSPS) is 11.3. The van der Waals surface area contributed by atoms with E-state index >= 15 is 0 Å². The molecule has 2 aromatic carbocycles. The van der Waals surface area contributed by atoms with E-state index in [0.717, 1.165) is 12.8 Å². The van der Waals surface area contributed by atoms with E-state index < -0.39 is 5.97 Å². The van der Waals surface area contributed by atoms with Crippen molar-refractivity contribution >= 4 is 5.97 Å². The molecule has 0 unspecified atom stereocenters. The highest BCUT2D eigenvalue weighted by Gasteiger charge is 2.00. The first-order valence-corrected chi connectivity index (χ1v) is 6.71. The van der Waals surface area contributed by atoms with Crippen molar-refractivity contribution in [1.82, 2.24) is 0 Å². The standard InChI is InChI=1S/C18H18O2/c1-14(18(19)20)6-5-7-15-10-12-17(13-11-15)16-8-3-2-4-9-16/h2-4,6,8-13H,5,7H2,1H3,(H,19,20).